The maximum Gasteiger partial charge on any atom is 0.270 e. The second-order valence-electron chi connectivity index (χ2n) is 3.81. The lowest BCUT2D eigenvalue weighted by molar-refractivity contribution is -0.385. The molecular formula is C12H16F2N2O3. The summed E-state index contributed by atoms with van der Waals surface area (Å²) in [4.78, 5) is 9.85. The van der Waals surface area contributed by atoms with Crippen LogP contribution in [0.3, 0.4) is 0 Å². The van der Waals surface area contributed by atoms with E-state index in [4.69, 9.17) is 4.74 Å². The number of nitro groups is 1. The molecule has 0 spiro atoms. The van der Waals surface area contributed by atoms with Gasteiger partial charge in [-0.05, 0) is 19.4 Å². The van der Waals surface area contributed by atoms with Gasteiger partial charge in [-0.1, -0.05) is 0 Å². The molecule has 0 saturated carbocycles. The predicted molar refractivity (Wildman–Crippen MR) is 67.7 cm³/mol. The van der Waals surface area contributed by atoms with Crippen LogP contribution in [0.1, 0.15) is 25.3 Å². The molecule has 1 rings (SSSR count). The van der Waals surface area contributed by atoms with Crippen molar-refractivity contribution in [2.24, 2.45) is 0 Å². The van der Waals surface area contributed by atoms with Crippen LogP contribution in [0.15, 0.2) is 18.2 Å². The van der Waals surface area contributed by atoms with E-state index < -0.39 is 11.3 Å². The number of non-ortho nitro benzene ring substituents is 1. The number of nitrogens with zero attached hydrogens (tertiary/aromatic N) is 1. The number of nitrogens with one attached hydrogen (secondary N) is 1. The SMILES string of the molecule is CCOCCCNc1ccc([N+](=O)[O-])cc1C(F)F. The van der Waals surface area contributed by atoms with Crippen molar-refractivity contribution in [1.82, 2.24) is 0 Å². The average Bonchev–Trinajstić information content (AvgIpc) is 2.38. The Morgan fingerprint density at radius 3 is 2.79 bits per heavy atom. The minimum atomic E-state index is -2.76. The Morgan fingerprint density at radius 2 is 2.21 bits per heavy atom. The van der Waals surface area contributed by atoms with Gasteiger partial charge in [-0.3, -0.25) is 10.1 Å². The van der Waals surface area contributed by atoms with E-state index in [1.54, 1.807) is 0 Å². The van der Waals surface area contributed by atoms with Crippen LogP contribution in [-0.2, 0) is 4.74 Å². The predicted octanol–water partition coefficient (Wildman–Crippen LogP) is 3.37. The molecule has 106 valence electrons. The smallest absolute Gasteiger partial charge is 0.270 e. The Bertz CT molecular complexity index is 427. The molecule has 0 bridgehead atoms. The van der Waals surface area contributed by atoms with Crippen LogP contribution in [0.5, 0.6) is 0 Å². The lowest BCUT2D eigenvalue weighted by atomic mass is 10.1. The number of rotatable bonds is 8. The van der Waals surface area contributed by atoms with Crippen molar-refractivity contribution >= 4 is 11.4 Å². The third kappa shape index (κ3) is 4.78. The maximum atomic E-state index is 12.8. The van der Waals surface area contributed by atoms with Crippen molar-refractivity contribution in [2.45, 2.75) is 19.8 Å². The number of benzene rings is 1. The van der Waals surface area contributed by atoms with Gasteiger partial charge in [-0.2, -0.15) is 0 Å². The van der Waals surface area contributed by atoms with Crippen molar-refractivity contribution in [2.75, 3.05) is 25.1 Å². The third-order valence-corrected chi connectivity index (χ3v) is 2.47. The van der Waals surface area contributed by atoms with Crippen LogP contribution >= 0.6 is 0 Å². The lowest BCUT2D eigenvalue weighted by Gasteiger charge is -2.11. The molecule has 0 atom stereocenters. The van der Waals surface area contributed by atoms with Gasteiger partial charge in [0.1, 0.15) is 0 Å². The van der Waals surface area contributed by atoms with Gasteiger partial charge < -0.3 is 10.1 Å². The highest BCUT2D eigenvalue weighted by Gasteiger charge is 2.17. The summed E-state index contributed by atoms with van der Waals surface area (Å²) in [5.74, 6) is 0. The van der Waals surface area contributed by atoms with Crippen molar-refractivity contribution in [3.8, 4) is 0 Å². The Balaban J connectivity index is 2.69. The minimum Gasteiger partial charge on any atom is -0.385 e. The first-order valence-corrected chi connectivity index (χ1v) is 5.94. The van der Waals surface area contributed by atoms with Crippen LogP contribution in [0.2, 0.25) is 0 Å². The van der Waals surface area contributed by atoms with Crippen LogP contribution in [0.4, 0.5) is 20.2 Å². The molecule has 7 heteroatoms. The Labute approximate surface area is 109 Å². The summed E-state index contributed by atoms with van der Waals surface area (Å²) in [6, 6.07) is 3.41. The second kappa shape index (κ2) is 7.63. The lowest BCUT2D eigenvalue weighted by Crippen LogP contribution is -2.08. The molecule has 0 unspecified atom stereocenters. The topological polar surface area (TPSA) is 64.4 Å². The van der Waals surface area contributed by atoms with Gasteiger partial charge in [-0.25, -0.2) is 8.78 Å². The summed E-state index contributed by atoms with van der Waals surface area (Å²) in [5, 5.41) is 13.4. The number of anilines is 1. The van der Waals surface area contributed by atoms with E-state index in [9.17, 15) is 18.9 Å². The molecule has 0 saturated heterocycles. The molecule has 5 nitrogen and oxygen atoms in total. The molecular weight excluding hydrogens is 258 g/mol. The van der Waals surface area contributed by atoms with Crippen molar-refractivity contribution in [1.29, 1.82) is 0 Å². The fourth-order valence-electron chi connectivity index (χ4n) is 1.55. The zero-order chi connectivity index (χ0) is 14.3. The zero-order valence-corrected chi connectivity index (χ0v) is 10.6. The largest absolute Gasteiger partial charge is 0.385 e. The van der Waals surface area contributed by atoms with Gasteiger partial charge in [0.05, 0.1) is 4.92 Å². The molecule has 0 aromatic heterocycles. The summed E-state index contributed by atoms with van der Waals surface area (Å²) in [6.45, 7) is 3.50. The molecule has 19 heavy (non-hydrogen) atoms. The first-order chi connectivity index (χ1) is 9.06. The van der Waals surface area contributed by atoms with Gasteiger partial charge in [0.2, 0.25) is 0 Å². The van der Waals surface area contributed by atoms with E-state index >= 15 is 0 Å². The van der Waals surface area contributed by atoms with Gasteiger partial charge >= 0.3 is 0 Å². The van der Waals surface area contributed by atoms with Crippen molar-refractivity contribution in [3.63, 3.8) is 0 Å². The van der Waals surface area contributed by atoms with E-state index in [0.29, 0.717) is 26.2 Å². The van der Waals surface area contributed by atoms with E-state index in [2.05, 4.69) is 5.32 Å². The normalized spacial score (nSPS) is 10.7. The molecule has 0 heterocycles. The van der Waals surface area contributed by atoms with Gasteiger partial charge in [0.25, 0.3) is 12.1 Å². The summed E-state index contributed by atoms with van der Waals surface area (Å²) in [5.41, 5.74) is -0.474. The molecule has 0 aliphatic heterocycles. The number of ether oxygens (including phenoxy) is 1. The van der Waals surface area contributed by atoms with E-state index in [0.717, 1.165) is 6.07 Å². The maximum absolute atomic E-state index is 12.8. The standard InChI is InChI=1S/C12H16F2N2O3/c1-2-19-7-3-6-15-11-5-4-9(16(17)18)8-10(11)12(13)14/h4-5,8,12,15H,2-3,6-7H2,1H3. The molecule has 1 aromatic rings. The Kier molecular flexibility index (Phi) is 6.14. The first-order valence-electron chi connectivity index (χ1n) is 5.94. The monoisotopic (exact) mass is 274 g/mol. The van der Waals surface area contributed by atoms with Gasteiger partial charge in [0.15, 0.2) is 0 Å². The third-order valence-electron chi connectivity index (χ3n) is 2.47. The fraction of sp³-hybridized carbons (Fsp3) is 0.500. The zero-order valence-electron chi connectivity index (χ0n) is 10.6. The summed E-state index contributed by atoms with van der Waals surface area (Å²) in [6.07, 6.45) is -2.08. The number of alkyl halides is 2. The summed E-state index contributed by atoms with van der Waals surface area (Å²) < 4.78 is 30.7. The molecule has 1 aromatic carbocycles. The minimum absolute atomic E-state index is 0.220. The van der Waals surface area contributed by atoms with Gasteiger partial charge in [-0.15, -0.1) is 0 Å². The van der Waals surface area contributed by atoms with Crippen molar-refractivity contribution < 1.29 is 18.4 Å². The highest BCUT2D eigenvalue weighted by atomic mass is 19.3. The highest BCUT2D eigenvalue weighted by Crippen LogP contribution is 2.30. The molecule has 1 N–H and O–H groups in total. The van der Waals surface area contributed by atoms with Crippen LogP contribution < -0.4 is 5.32 Å². The van der Waals surface area contributed by atoms with Crippen LogP contribution in [-0.4, -0.2) is 24.7 Å². The average molecular weight is 274 g/mol. The quantitative estimate of drug-likeness (QED) is 0.448. The number of halogens is 2. The number of hydrogen-bond acceptors (Lipinski definition) is 4. The fourth-order valence-corrected chi connectivity index (χ4v) is 1.55. The molecule has 0 fully saturated rings. The Morgan fingerprint density at radius 1 is 1.47 bits per heavy atom. The van der Waals surface area contributed by atoms with Crippen molar-refractivity contribution in [3.05, 3.63) is 33.9 Å². The molecule has 0 aliphatic carbocycles. The van der Waals surface area contributed by atoms with E-state index in [1.165, 1.54) is 12.1 Å². The van der Waals surface area contributed by atoms with E-state index in [-0.39, 0.29) is 16.9 Å². The van der Waals surface area contributed by atoms with Crippen LogP contribution in [0, 0.1) is 10.1 Å². The molecule has 0 aliphatic rings. The number of nitro benzene ring substituents is 1. The Hall–Kier alpha value is -1.76. The second-order valence-corrected chi connectivity index (χ2v) is 3.81. The summed E-state index contributed by atoms with van der Waals surface area (Å²) >= 11 is 0. The van der Waals surface area contributed by atoms with Crippen LogP contribution in [0.25, 0.3) is 0 Å². The van der Waals surface area contributed by atoms with Gasteiger partial charge in [0, 0.05) is 43.1 Å². The highest BCUT2D eigenvalue weighted by molar-refractivity contribution is 5.56. The molecule has 0 amide bonds. The summed E-state index contributed by atoms with van der Waals surface area (Å²) in [7, 11) is 0. The van der Waals surface area contributed by atoms with E-state index in [1.807, 2.05) is 6.92 Å². The molecule has 0 radical (unpaired) electrons. The first kappa shape index (κ1) is 15.3. The number of hydrogen-bond donors (Lipinski definition) is 1.